The molecule has 0 aliphatic rings. The average Bonchev–Trinajstić information content (AvgIpc) is 2.37. The quantitative estimate of drug-likeness (QED) is 0.724. The van der Waals surface area contributed by atoms with E-state index in [1.165, 1.54) is 39.4 Å². The summed E-state index contributed by atoms with van der Waals surface area (Å²) >= 11 is 3.20. The summed E-state index contributed by atoms with van der Waals surface area (Å²) in [7, 11) is -2.96. The van der Waals surface area contributed by atoms with Gasteiger partial charge in [0.2, 0.25) is 20.0 Å². The minimum Gasteiger partial charge on any atom is -0.496 e. The Morgan fingerprint density at radius 1 is 1.24 bits per heavy atom. The van der Waals surface area contributed by atoms with Crippen molar-refractivity contribution in [3.63, 3.8) is 0 Å². The molecule has 0 amide bonds. The van der Waals surface area contributed by atoms with Gasteiger partial charge in [0.15, 0.2) is 0 Å². The van der Waals surface area contributed by atoms with Crippen molar-refractivity contribution in [2.24, 2.45) is 0 Å². The molecule has 1 aromatic rings. The maximum Gasteiger partial charge on any atom is 0.240 e. The van der Waals surface area contributed by atoms with E-state index in [4.69, 9.17) is 4.74 Å². The number of hydrogen-bond donors (Lipinski definition) is 1. The monoisotopic (exact) mass is 400 g/mol. The number of nitrogens with zero attached hydrogens (tertiary/aromatic N) is 1. The van der Waals surface area contributed by atoms with Crippen molar-refractivity contribution in [3.8, 4) is 5.75 Å². The van der Waals surface area contributed by atoms with Crippen LogP contribution in [0.2, 0.25) is 0 Å². The van der Waals surface area contributed by atoms with E-state index in [2.05, 4.69) is 20.7 Å². The van der Waals surface area contributed by atoms with Crippen LogP contribution < -0.4 is 9.46 Å². The van der Waals surface area contributed by atoms with Gasteiger partial charge in [-0.2, -0.15) is 0 Å². The SMILES string of the molecule is COc1ccc(S(=O)(=O)NCCS(=O)(=O)N(C)C)cc1Br. The Balaban J connectivity index is 2.81. The predicted molar refractivity (Wildman–Crippen MR) is 83.4 cm³/mol. The molecule has 0 aromatic heterocycles. The molecule has 0 spiro atoms. The summed E-state index contributed by atoms with van der Waals surface area (Å²) in [6.07, 6.45) is 0. The molecule has 0 heterocycles. The number of benzene rings is 1. The summed E-state index contributed by atoms with van der Waals surface area (Å²) in [5, 5.41) is 0. The molecule has 0 aliphatic carbocycles. The topological polar surface area (TPSA) is 92.8 Å². The summed E-state index contributed by atoms with van der Waals surface area (Å²) in [5.41, 5.74) is 0. The molecule has 1 aromatic carbocycles. The zero-order chi connectivity index (χ0) is 16.3. The van der Waals surface area contributed by atoms with Crippen molar-refractivity contribution in [2.75, 3.05) is 33.5 Å². The van der Waals surface area contributed by atoms with Crippen molar-refractivity contribution >= 4 is 36.0 Å². The third kappa shape index (κ3) is 4.92. The fourth-order valence-corrected chi connectivity index (χ4v) is 3.99. The van der Waals surface area contributed by atoms with Crippen molar-refractivity contribution in [2.45, 2.75) is 4.90 Å². The number of halogens is 1. The normalized spacial score (nSPS) is 12.6. The second-order valence-corrected chi connectivity index (χ2v) is 9.22. The van der Waals surface area contributed by atoms with Gasteiger partial charge in [0.1, 0.15) is 5.75 Å². The van der Waals surface area contributed by atoms with Crippen LogP contribution in [0.5, 0.6) is 5.75 Å². The predicted octanol–water partition coefficient (Wildman–Crippen LogP) is 0.627. The summed E-state index contributed by atoms with van der Waals surface area (Å²) in [6, 6.07) is 4.28. The second-order valence-electron chi connectivity index (χ2n) is 4.29. The Kier molecular flexibility index (Phi) is 6.17. The third-order valence-electron chi connectivity index (χ3n) is 2.64. The first kappa shape index (κ1) is 18.4. The summed E-state index contributed by atoms with van der Waals surface area (Å²) in [4.78, 5) is 0.0254. The van der Waals surface area contributed by atoms with Crippen molar-refractivity contribution in [3.05, 3.63) is 22.7 Å². The average molecular weight is 401 g/mol. The molecular formula is C11H17BrN2O5S2. The highest BCUT2D eigenvalue weighted by Crippen LogP contribution is 2.27. The Bertz CT molecular complexity index is 701. The van der Waals surface area contributed by atoms with Crippen LogP contribution >= 0.6 is 15.9 Å². The van der Waals surface area contributed by atoms with E-state index in [0.29, 0.717) is 10.2 Å². The first-order valence-corrected chi connectivity index (χ1v) is 9.72. The van der Waals surface area contributed by atoms with Crippen LogP contribution in [0.4, 0.5) is 0 Å². The molecule has 21 heavy (non-hydrogen) atoms. The van der Waals surface area contributed by atoms with Crippen molar-refractivity contribution < 1.29 is 21.6 Å². The van der Waals surface area contributed by atoms with Gasteiger partial charge in [0.05, 0.1) is 22.2 Å². The number of ether oxygens (including phenoxy) is 1. The summed E-state index contributed by atoms with van der Waals surface area (Å²) in [5.74, 6) is 0.195. The molecule has 0 aliphatic heterocycles. The highest BCUT2D eigenvalue weighted by molar-refractivity contribution is 9.10. The van der Waals surface area contributed by atoms with E-state index < -0.39 is 20.0 Å². The van der Waals surface area contributed by atoms with Gasteiger partial charge in [-0.1, -0.05) is 0 Å². The van der Waals surface area contributed by atoms with Gasteiger partial charge in [-0.25, -0.2) is 25.9 Å². The Hall–Kier alpha value is -0.680. The molecule has 0 radical (unpaired) electrons. The van der Waals surface area contributed by atoms with Crippen LogP contribution in [-0.4, -0.2) is 54.6 Å². The highest BCUT2D eigenvalue weighted by atomic mass is 79.9. The second kappa shape index (κ2) is 7.05. The van der Waals surface area contributed by atoms with Gasteiger partial charge in [-0.3, -0.25) is 0 Å². The molecule has 0 fully saturated rings. The van der Waals surface area contributed by atoms with Crippen LogP contribution in [0.3, 0.4) is 0 Å². The molecule has 120 valence electrons. The molecule has 10 heteroatoms. The van der Waals surface area contributed by atoms with E-state index in [-0.39, 0.29) is 17.2 Å². The smallest absolute Gasteiger partial charge is 0.240 e. The van der Waals surface area contributed by atoms with Gasteiger partial charge in [-0.05, 0) is 34.1 Å². The Morgan fingerprint density at radius 3 is 2.33 bits per heavy atom. The van der Waals surface area contributed by atoms with E-state index in [1.54, 1.807) is 0 Å². The molecular weight excluding hydrogens is 384 g/mol. The zero-order valence-electron chi connectivity index (χ0n) is 11.8. The fraction of sp³-hybridized carbons (Fsp3) is 0.455. The number of nitrogens with one attached hydrogen (secondary N) is 1. The molecule has 1 N–H and O–H groups in total. The summed E-state index contributed by atoms with van der Waals surface area (Å²) < 4.78 is 56.0. The Labute approximate surface area is 133 Å². The largest absolute Gasteiger partial charge is 0.496 e. The number of sulfonamides is 2. The van der Waals surface area contributed by atoms with E-state index in [0.717, 1.165) is 4.31 Å². The van der Waals surface area contributed by atoms with Crippen LogP contribution in [0.15, 0.2) is 27.6 Å². The van der Waals surface area contributed by atoms with E-state index >= 15 is 0 Å². The van der Waals surface area contributed by atoms with E-state index in [1.807, 2.05) is 0 Å². The van der Waals surface area contributed by atoms with Gasteiger partial charge in [0, 0.05) is 20.6 Å². The minimum absolute atomic E-state index is 0.0254. The molecule has 0 unspecified atom stereocenters. The van der Waals surface area contributed by atoms with E-state index in [9.17, 15) is 16.8 Å². The van der Waals surface area contributed by atoms with Crippen molar-refractivity contribution in [1.82, 2.24) is 9.03 Å². The van der Waals surface area contributed by atoms with Gasteiger partial charge < -0.3 is 4.74 Å². The Morgan fingerprint density at radius 2 is 1.86 bits per heavy atom. The lowest BCUT2D eigenvalue weighted by Crippen LogP contribution is -2.33. The highest BCUT2D eigenvalue weighted by Gasteiger charge is 2.18. The maximum absolute atomic E-state index is 12.1. The number of hydrogen-bond acceptors (Lipinski definition) is 5. The van der Waals surface area contributed by atoms with Crippen LogP contribution in [-0.2, 0) is 20.0 Å². The number of rotatable bonds is 7. The molecule has 0 atom stereocenters. The lowest BCUT2D eigenvalue weighted by molar-refractivity contribution is 0.411. The van der Waals surface area contributed by atoms with Crippen LogP contribution in [0, 0.1) is 0 Å². The van der Waals surface area contributed by atoms with Gasteiger partial charge >= 0.3 is 0 Å². The minimum atomic E-state index is -3.77. The summed E-state index contributed by atoms with van der Waals surface area (Å²) in [6.45, 7) is -0.202. The van der Waals surface area contributed by atoms with Crippen LogP contribution in [0.1, 0.15) is 0 Å². The van der Waals surface area contributed by atoms with Crippen LogP contribution in [0.25, 0.3) is 0 Å². The van der Waals surface area contributed by atoms with Crippen molar-refractivity contribution in [1.29, 1.82) is 0 Å². The standard InChI is InChI=1S/C11H17BrN2O5S2/c1-14(2)20(15,16)7-6-13-21(17,18)9-4-5-11(19-3)10(12)8-9/h4-5,8,13H,6-7H2,1-3H3. The number of methoxy groups -OCH3 is 1. The molecule has 0 saturated heterocycles. The third-order valence-corrected chi connectivity index (χ3v) is 6.55. The molecule has 0 bridgehead atoms. The molecule has 0 saturated carbocycles. The zero-order valence-corrected chi connectivity index (χ0v) is 15.0. The lowest BCUT2D eigenvalue weighted by atomic mass is 10.3. The molecule has 7 nitrogen and oxygen atoms in total. The fourth-order valence-electron chi connectivity index (χ4n) is 1.39. The molecule has 1 rings (SSSR count). The first-order valence-electron chi connectivity index (χ1n) is 5.83. The first-order chi connectivity index (χ1) is 9.60. The van der Waals surface area contributed by atoms with Gasteiger partial charge in [-0.15, -0.1) is 0 Å². The maximum atomic E-state index is 12.1. The lowest BCUT2D eigenvalue weighted by Gasteiger charge is -2.12. The van der Waals surface area contributed by atoms with Gasteiger partial charge in [0.25, 0.3) is 0 Å².